The van der Waals surface area contributed by atoms with Crippen LogP contribution in [-0.2, 0) is 17.1 Å². The van der Waals surface area contributed by atoms with Crippen molar-refractivity contribution in [3.63, 3.8) is 0 Å². The van der Waals surface area contributed by atoms with Gasteiger partial charge in [0.1, 0.15) is 17.0 Å². The molecule has 2 N–H and O–H groups in total. The second-order valence-electron chi connectivity index (χ2n) is 7.34. The Labute approximate surface area is 189 Å². The Morgan fingerprint density at radius 1 is 1.09 bits per heavy atom. The lowest BCUT2D eigenvalue weighted by Gasteiger charge is -2.16. The van der Waals surface area contributed by atoms with Crippen LogP contribution in [0.15, 0.2) is 59.7 Å². The van der Waals surface area contributed by atoms with Crippen LogP contribution >= 0.6 is 0 Å². The Morgan fingerprint density at radius 2 is 1.85 bits per heavy atom. The molecule has 0 saturated carbocycles. The molecule has 4 aromatic rings. The number of anilines is 1. The third kappa shape index (κ3) is 4.42. The Kier molecular flexibility index (Phi) is 5.86. The van der Waals surface area contributed by atoms with Crippen molar-refractivity contribution in [2.45, 2.75) is 6.92 Å². The quantitative estimate of drug-likeness (QED) is 0.420. The Morgan fingerprint density at radius 3 is 2.55 bits per heavy atom. The summed E-state index contributed by atoms with van der Waals surface area (Å²) in [5.74, 6) is -0.131. The first kappa shape index (κ1) is 22.4. The van der Waals surface area contributed by atoms with Gasteiger partial charge >= 0.3 is 0 Å². The van der Waals surface area contributed by atoms with Crippen LogP contribution in [-0.4, -0.2) is 30.8 Å². The maximum Gasteiger partial charge on any atom is 0.274 e. The minimum atomic E-state index is -3.53. The summed E-state index contributed by atoms with van der Waals surface area (Å²) in [5.41, 5.74) is 1.56. The molecule has 0 saturated heterocycles. The highest BCUT2D eigenvalue weighted by atomic mass is 32.2. The minimum Gasteiger partial charge on any atom is -0.497 e. The van der Waals surface area contributed by atoms with E-state index in [4.69, 9.17) is 9.47 Å². The highest BCUT2D eigenvalue weighted by Crippen LogP contribution is 2.39. The number of halogens is 1. The summed E-state index contributed by atoms with van der Waals surface area (Å²) in [5, 5.41) is 0.619. The van der Waals surface area contributed by atoms with Crippen molar-refractivity contribution in [3.05, 3.63) is 71.0 Å². The lowest BCUT2D eigenvalue weighted by atomic mass is 10.0. The van der Waals surface area contributed by atoms with Gasteiger partial charge in [-0.15, -0.1) is 0 Å². The smallest absolute Gasteiger partial charge is 0.274 e. The average molecular weight is 472 g/mol. The van der Waals surface area contributed by atoms with Crippen molar-refractivity contribution < 1.29 is 22.3 Å². The van der Waals surface area contributed by atoms with E-state index in [9.17, 15) is 17.6 Å². The fourth-order valence-electron chi connectivity index (χ4n) is 3.44. The third-order valence-electron chi connectivity index (χ3n) is 5.18. The van der Waals surface area contributed by atoms with E-state index in [2.05, 4.69) is 9.71 Å². The molecule has 0 fully saturated rings. The molecule has 172 valence electrons. The highest BCUT2D eigenvalue weighted by Gasteiger charge is 2.18. The SMILES string of the molecule is CCS(=O)(=O)Nc1ccc(Oc2ccc(OC)cc2F)c(-c2cn(C)c(=O)c3[nH]ccc23)c1. The molecule has 10 heteroatoms. The topological polar surface area (TPSA) is 102 Å². The number of hydrogen-bond donors (Lipinski definition) is 2. The van der Waals surface area contributed by atoms with Crippen LogP contribution in [0.1, 0.15) is 6.92 Å². The fraction of sp³-hybridized carbons (Fsp3) is 0.174. The number of pyridine rings is 1. The number of aromatic nitrogens is 2. The number of aromatic amines is 1. The summed E-state index contributed by atoms with van der Waals surface area (Å²) >= 11 is 0. The van der Waals surface area contributed by atoms with Gasteiger partial charge < -0.3 is 19.0 Å². The first-order valence-corrected chi connectivity index (χ1v) is 11.7. The van der Waals surface area contributed by atoms with Crippen molar-refractivity contribution >= 4 is 26.6 Å². The summed E-state index contributed by atoms with van der Waals surface area (Å²) in [4.78, 5) is 15.4. The van der Waals surface area contributed by atoms with E-state index in [1.807, 2.05) is 0 Å². The van der Waals surface area contributed by atoms with E-state index < -0.39 is 15.8 Å². The molecule has 0 radical (unpaired) electrons. The summed E-state index contributed by atoms with van der Waals surface area (Å²) in [6.07, 6.45) is 3.27. The van der Waals surface area contributed by atoms with Crippen LogP contribution < -0.4 is 19.8 Å². The number of ether oxygens (including phenoxy) is 2. The Hall–Kier alpha value is -3.79. The molecule has 2 heterocycles. The number of aryl methyl sites for hydroxylation is 1. The van der Waals surface area contributed by atoms with Crippen molar-refractivity contribution in [2.24, 2.45) is 7.05 Å². The number of sulfonamides is 1. The van der Waals surface area contributed by atoms with Gasteiger partial charge in [0.25, 0.3) is 5.56 Å². The number of hydrogen-bond acceptors (Lipinski definition) is 5. The van der Waals surface area contributed by atoms with Crippen LogP contribution in [0.2, 0.25) is 0 Å². The molecule has 0 aliphatic rings. The number of rotatable bonds is 7. The van der Waals surface area contributed by atoms with Crippen molar-refractivity contribution in [1.29, 1.82) is 0 Å². The maximum absolute atomic E-state index is 14.6. The van der Waals surface area contributed by atoms with Crippen LogP contribution in [0.5, 0.6) is 17.2 Å². The summed E-state index contributed by atoms with van der Waals surface area (Å²) < 4.78 is 53.7. The van der Waals surface area contributed by atoms with Gasteiger partial charge in [0.15, 0.2) is 11.6 Å². The lowest BCUT2D eigenvalue weighted by molar-refractivity contribution is 0.402. The molecule has 8 nitrogen and oxygen atoms in total. The van der Waals surface area contributed by atoms with E-state index in [0.29, 0.717) is 33.5 Å². The zero-order chi connectivity index (χ0) is 23.8. The monoisotopic (exact) mass is 471 g/mol. The molecule has 2 aromatic carbocycles. The molecule has 0 spiro atoms. The normalized spacial score (nSPS) is 11.5. The van der Waals surface area contributed by atoms with E-state index >= 15 is 0 Å². The van der Waals surface area contributed by atoms with Gasteiger partial charge in [-0.05, 0) is 43.3 Å². The van der Waals surface area contributed by atoms with Gasteiger partial charge in [0, 0.05) is 47.7 Å². The predicted octanol–water partition coefficient (Wildman–Crippen LogP) is 4.24. The Bertz CT molecular complexity index is 1510. The van der Waals surface area contributed by atoms with Crippen molar-refractivity contribution in [2.75, 3.05) is 17.6 Å². The number of H-pyrrole nitrogens is 1. The van der Waals surface area contributed by atoms with Gasteiger partial charge in [-0.1, -0.05) is 0 Å². The van der Waals surface area contributed by atoms with Crippen LogP contribution in [0, 0.1) is 5.82 Å². The largest absolute Gasteiger partial charge is 0.497 e. The molecule has 2 aromatic heterocycles. The molecule has 0 aliphatic carbocycles. The molecular weight excluding hydrogens is 449 g/mol. The zero-order valence-electron chi connectivity index (χ0n) is 18.2. The second kappa shape index (κ2) is 8.62. The van der Waals surface area contributed by atoms with Crippen LogP contribution in [0.4, 0.5) is 10.1 Å². The third-order valence-corrected chi connectivity index (χ3v) is 6.48. The first-order valence-electron chi connectivity index (χ1n) is 10.1. The molecule has 0 aliphatic heterocycles. The summed E-state index contributed by atoms with van der Waals surface area (Å²) in [7, 11) is -0.484. The predicted molar refractivity (Wildman–Crippen MR) is 125 cm³/mol. The molecule has 0 atom stereocenters. The molecule has 33 heavy (non-hydrogen) atoms. The maximum atomic E-state index is 14.6. The fourth-order valence-corrected chi connectivity index (χ4v) is 4.07. The summed E-state index contributed by atoms with van der Waals surface area (Å²) in [6, 6.07) is 10.6. The van der Waals surface area contributed by atoms with E-state index in [1.54, 1.807) is 43.7 Å². The molecule has 0 bridgehead atoms. The zero-order valence-corrected chi connectivity index (χ0v) is 19.0. The van der Waals surface area contributed by atoms with E-state index in [-0.39, 0.29) is 22.8 Å². The number of nitrogens with zero attached hydrogens (tertiary/aromatic N) is 1. The molecule has 4 rings (SSSR count). The van der Waals surface area contributed by atoms with Gasteiger partial charge in [-0.3, -0.25) is 9.52 Å². The van der Waals surface area contributed by atoms with Crippen LogP contribution in [0.3, 0.4) is 0 Å². The lowest BCUT2D eigenvalue weighted by Crippen LogP contribution is -2.17. The van der Waals surface area contributed by atoms with Gasteiger partial charge in [-0.2, -0.15) is 0 Å². The number of nitrogens with one attached hydrogen (secondary N) is 2. The summed E-state index contributed by atoms with van der Waals surface area (Å²) in [6.45, 7) is 1.53. The minimum absolute atomic E-state index is 0.0333. The molecule has 0 unspecified atom stereocenters. The second-order valence-corrected chi connectivity index (χ2v) is 9.35. The van der Waals surface area contributed by atoms with E-state index in [0.717, 1.165) is 0 Å². The van der Waals surface area contributed by atoms with Gasteiger partial charge in [0.05, 0.1) is 12.9 Å². The first-order chi connectivity index (χ1) is 15.7. The van der Waals surface area contributed by atoms with Crippen molar-refractivity contribution in [1.82, 2.24) is 9.55 Å². The Balaban J connectivity index is 1.90. The number of fused-ring (bicyclic) bond motifs is 1. The van der Waals surface area contributed by atoms with Gasteiger partial charge in [0.2, 0.25) is 10.0 Å². The number of methoxy groups -OCH3 is 1. The molecule has 0 amide bonds. The van der Waals surface area contributed by atoms with Gasteiger partial charge in [-0.25, -0.2) is 12.8 Å². The highest BCUT2D eigenvalue weighted by molar-refractivity contribution is 7.92. The molecular formula is C23H22FN3O5S. The standard InChI is InChI=1S/C23H22FN3O5S/c1-4-33(29,30)26-14-5-7-20(32-21-8-6-15(31-3)12-19(21)24)17(11-14)18-13-27(2)23(28)22-16(18)9-10-25-22/h5-13,25-26H,4H2,1-3H3. The average Bonchev–Trinajstić information content (AvgIpc) is 3.28. The van der Waals surface area contributed by atoms with Crippen molar-refractivity contribution in [3.8, 4) is 28.4 Å². The van der Waals surface area contributed by atoms with Crippen LogP contribution in [0.25, 0.3) is 22.0 Å². The number of benzene rings is 2. The van der Waals surface area contributed by atoms with E-state index in [1.165, 1.54) is 36.8 Å².